The molecular formula is C12H25NO3. The molecule has 1 N–H and O–H groups in total. The third-order valence-corrected chi connectivity index (χ3v) is 2.57. The maximum atomic E-state index is 11.3. The van der Waals surface area contributed by atoms with Crippen molar-refractivity contribution in [2.24, 2.45) is 0 Å². The van der Waals surface area contributed by atoms with Crippen molar-refractivity contribution in [2.75, 3.05) is 32.8 Å². The molecule has 16 heavy (non-hydrogen) atoms. The van der Waals surface area contributed by atoms with E-state index in [1.165, 1.54) is 0 Å². The van der Waals surface area contributed by atoms with Crippen LogP contribution in [0.2, 0.25) is 0 Å². The summed E-state index contributed by atoms with van der Waals surface area (Å²) < 4.78 is 5.02. The van der Waals surface area contributed by atoms with Crippen LogP contribution in [0.3, 0.4) is 0 Å². The fraction of sp³-hybridized carbons (Fsp3) is 0.917. The van der Waals surface area contributed by atoms with Crippen molar-refractivity contribution in [3.05, 3.63) is 0 Å². The van der Waals surface area contributed by atoms with Crippen molar-refractivity contribution >= 4 is 5.97 Å². The lowest BCUT2D eigenvalue weighted by atomic mass is 10.3. The number of carbonyl (C=O) groups excluding carboxylic acids is 1. The fourth-order valence-electron chi connectivity index (χ4n) is 1.46. The Morgan fingerprint density at radius 2 is 1.88 bits per heavy atom. The van der Waals surface area contributed by atoms with Gasteiger partial charge >= 0.3 is 5.97 Å². The van der Waals surface area contributed by atoms with E-state index < -0.39 is 0 Å². The lowest BCUT2D eigenvalue weighted by Crippen LogP contribution is -2.24. The average molecular weight is 231 g/mol. The molecule has 0 unspecified atom stereocenters. The van der Waals surface area contributed by atoms with Crippen molar-refractivity contribution in [2.45, 2.75) is 39.5 Å². The van der Waals surface area contributed by atoms with Crippen molar-refractivity contribution in [1.29, 1.82) is 0 Å². The number of unbranched alkanes of at least 4 members (excludes halogenated alkanes) is 1. The number of hydrogen-bond donors (Lipinski definition) is 1. The van der Waals surface area contributed by atoms with E-state index in [1.807, 2.05) is 0 Å². The second-order valence-electron chi connectivity index (χ2n) is 3.78. The maximum absolute atomic E-state index is 11.3. The molecule has 96 valence electrons. The van der Waals surface area contributed by atoms with E-state index in [1.54, 1.807) is 0 Å². The van der Waals surface area contributed by atoms with Crippen LogP contribution in [-0.4, -0.2) is 48.8 Å². The van der Waals surface area contributed by atoms with Crippen LogP contribution in [0.1, 0.15) is 39.5 Å². The molecule has 0 aliphatic heterocycles. The highest BCUT2D eigenvalue weighted by atomic mass is 16.5. The van der Waals surface area contributed by atoms with Crippen LogP contribution in [-0.2, 0) is 9.53 Å². The number of nitrogens with zero attached hydrogens (tertiary/aromatic N) is 1. The standard InChI is InChI=1S/C12H25NO3/c1-3-13(4-2)9-7-8-12(15)16-11-6-5-10-14/h14H,3-11H2,1-2H3. The minimum Gasteiger partial charge on any atom is -0.466 e. The van der Waals surface area contributed by atoms with Gasteiger partial charge in [-0.25, -0.2) is 0 Å². The molecule has 0 aliphatic carbocycles. The van der Waals surface area contributed by atoms with E-state index in [0.29, 0.717) is 19.4 Å². The van der Waals surface area contributed by atoms with Crippen molar-refractivity contribution in [3.63, 3.8) is 0 Å². The van der Waals surface area contributed by atoms with Gasteiger partial charge in [0.25, 0.3) is 0 Å². The van der Waals surface area contributed by atoms with E-state index in [9.17, 15) is 4.79 Å². The molecule has 0 fully saturated rings. The number of ether oxygens (including phenoxy) is 1. The first kappa shape index (κ1) is 15.4. The van der Waals surface area contributed by atoms with Gasteiger partial charge in [-0.3, -0.25) is 4.79 Å². The zero-order valence-electron chi connectivity index (χ0n) is 10.6. The minimum atomic E-state index is -0.120. The first-order valence-corrected chi connectivity index (χ1v) is 6.23. The Kier molecular flexibility index (Phi) is 10.5. The molecule has 0 saturated carbocycles. The van der Waals surface area contributed by atoms with E-state index in [4.69, 9.17) is 9.84 Å². The van der Waals surface area contributed by atoms with Crippen molar-refractivity contribution in [1.82, 2.24) is 4.90 Å². The molecule has 0 spiro atoms. The number of hydrogen-bond acceptors (Lipinski definition) is 4. The van der Waals surface area contributed by atoms with Crippen LogP contribution in [0.5, 0.6) is 0 Å². The molecular weight excluding hydrogens is 206 g/mol. The second kappa shape index (κ2) is 10.9. The zero-order chi connectivity index (χ0) is 12.2. The van der Waals surface area contributed by atoms with Gasteiger partial charge in [0.15, 0.2) is 0 Å². The van der Waals surface area contributed by atoms with E-state index in [-0.39, 0.29) is 12.6 Å². The molecule has 0 bridgehead atoms. The Bertz CT molecular complexity index is 170. The highest BCUT2D eigenvalue weighted by Gasteiger charge is 2.04. The summed E-state index contributed by atoms with van der Waals surface area (Å²) in [6, 6.07) is 0. The van der Waals surface area contributed by atoms with Crippen LogP contribution >= 0.6 is 0 Å². The Morgan fingerprint density at radius 1 is 1.19 bits per heavy atom. The highest BCUT2D eigenvalue weighted by molar-refractivity contribution is 5.69. The Balaban J connectivity index is 3.36. The quantitative estimate of drug-likeness (QED) is 0.456. The van der Waals surface area contributed by atoms with E-state index in [2.05, 4.69) is 18.7 Å². The predicted octanol–water partition coefficient (Wildman–Crippen LogP) is 1.42. The molecule has 4 nitrogen and oxygen atoms in total. The van der Waals surface area contributed by atoms with Gasteiger partial charge in [-0.05, 0) is 38.9 Å². The van der Waals surface area contributed by atoms with Gasteiger partial charge in [-0.2, -0.15) is 0 Å². The smallest absolute Gasteiger partial charge is 0.305 e. The van der Waals surface area contributed by atoms with Gasteiger partial charge < -0.3 is 14.7 Å². The van der Waals surface area contributed by atoms with Gasteiger partial charge in [-0.15, -0.1) is 0 Å². The molecule has 0 radical (unpaired) electrons. The molecule has 0 heterocycles. The lowest BCUT2D eigenvalue weighted by molar-refractivity contribution is -0.144. The molecule has 0 amide bonds. The largest absolute Gasteiger partial charge is 0.466 e. The monoisotopic (exact) mass is 231 g/mol. The summed E-state index contributed by atoms with van der Waals surface area (Å²) in [6.45, 7) is 7.86. The third kappa shape index (κ3) is 8.68. The number of esters is 1. The molecule has 0 atom stereocenters. The van der Waals surface area contributed by atoms with E-state index >= 15 is 0 Å². The zero-order valence-corrected chi connectivity index (χ0v) is 10.6. The minimum absolute atomic E-state index is 0.120. The van der Waals surface area contributed by atoms with Crippen LogP contribution in [0, 0.1) is 0 Å². The van der Waals surface area contributed by atoms with Crippen LogP contribution < -0.4 is 0 Å². The predicted molar refractivity (Wildman–Crippen MR) is 64.3 cm³/mol. The topological polar surface area (TPSA) is 49.8 Å². The van der Waals surface area contributed by atoms with Crippen LogP contribution in [0.4, 0.5) is 0 Å². The van der Waals surface area contributed by atoms with E-state index in [0.717, 1.165) is 32.5 Å². The first-order chi connectivity index (χ1) is 7.74. The number of rotatable bonds is 10. The third-order valence-electron chi connectivity index (χ3n) is 2.57. The normalized spacial score (nSPS) is 10.8. The Labute approximate surface area is 98.6 Å². The molecule has 0 aromatic rings. The average Bonchev–Trinajstić information content (AvgIpc) is 2.30. The maximum Gasteiger partial charge on any atom is 0.305 e. The molecule has 4 heteroatoms. The van der Waals surface area contributed by atoms with Gasteiger partial charge in [0.05, 0.1) is 6.61 Å². The number of aliphatic hydroxyl groups is 1. The Morgan fingerprint density at radius 3 is 2.44 bits per heavy atom. The number of carbonyl (C=O) groups is 1. The van der Waals surface area contributed by atoms with Gasteiger partial charge in [0.2, 0.25) is 0 Å². The highest BCUT2D eigenvalue weighted by Crippen LogP contribution is 1.98. The van der Waals surface area contributed by atoms with Crippen LogP contribution in [0.25, 0.3) is 0 Å². The van der Waals surface area contributed by atoms with Crippen molar-refractivity contribution in [3.8, 4) is 0 Å². The fourth-order valence-corrected chi connectivity index (χ4v) is 1.46. The molecule has 0 aliphatic rings. The Hall–Kier alpha value is -0.610. The first-order valence-electron chi connectivity index (χ1n) is 6.23. The summed E-state index contributed by atoms with van der Waals surface area (Å²) in [4.78, 5) is 13.6. The second-order valence-corrected chi connectivity index (χ2v) is 3.78. The SMILES string of the molecule is CCN(CC)CCCC(=O)OCCCCO. The summed E-state index contributed by atoms with van der Waals surface area (Å²) in [5, 5.41) is 8.54. The summed E-state index contributed by atoms with van der Waals surface area (Å²) >= 11 is 0. The summed E-state index contributed by atoms with van der Waals surface area (Å²) in [7, 11) is 0. The van der Waals surface area contributed by atoms with Crippen molar-refractivity contribution < 1.29 is 14.6 Å². The van der Waals surface area contributed by atoms with Gasteiger partial charge in [-0.1, -0.05) is 13.8 Å². The molecule has 0 rings (SSSR count). The molecule has 0 aromatic carbocycles. The summed E-state index contributed by atoms with van der Waals surface area (Å²) in [5.74, 6) is -0.120. The molecule has 0 saturated heterocycles. The lowest BCUT2D eigenvalue weighted by Gasteiger charge is -2.17. The number of aliphatic hydroxyl groups excluding tert-OH is 1. The van der Waals surface area contributed by atoms with Crippen LogP contribution in [0.15, 0.2) is 0 Å². The van der Waals surface area contributed by atoms with Gasteiger partial charge in [0, 0.05) is 13.0 Å². The van der Waals surface area contributed by atoms with Gasteiger partial charge in [0.1, 0.15) is 0 Å². The molecule has 0 aromatic heterocycles. The summed E-state index contributed by atoms with van der Waals surface area (Å²) in [6.07, 6.45) is 2.81. The summed E-state index contributed by atoms with van der Waals surface area (Å²) in [5.41, 5.74) is 0.